The number of hydrogen-bond donors (Lipinski definition) is 2. The minimum atomic E-state index is -0.504. The van der Waals surface area contributed by atoms with Crippen molar-refractivity contribution in [1.82, 2.24) is 5.32 Å². The Morgan fingerprint density at radius 1 is 1.56 bits per heavy atom. The molecule has 0 fully saturated rings. The summed E-state index contributed by atoms with van der Waals surface area (Å²) >= 11 is 1.62. The Kier molecular flexibility index (Phi) is 4.61. The fourth-order valence-electron chi connectivity index (χ4n) is 1.32. The van der Waals surface area contributed by atoms with E-state index in [-0.39, 0.29) is 5.56 Å². The lowest BCUT2D eigenvalue weighted by Crippen LogP contribution is -2.27. The van der Waals surface area contributed by atoms with Gasteiger partial charge >= 0.3 is 0 Å². The van der Waals surface area contributed by atoms with Gasteiger partial charge in [-0.1, -0.05) is 0 Å². The average molecular weight is 242 g/mol. The monoisotopic (exact) mass is 242 g/mol. The van der Waals surface area contributed by atoms with Gasteiger partial charge in [-0.2, -0.15) is 11.8 Å². The van der Waals surface area contributed by atoms with Crippen LogP contribution in [0.25, 0.3) is 0 Å². The highest BCUT2D eigenvalue weighted by Gasteiger charge is 2.13. The molecule has 5 heteroatoms. The third kappa shape index (κ3) is 3.13. The molecule has 1 aromatic rings. The number of carbonyl (C=O) groups is 1. The second-order valence-corrected chi connectivity index (χ2v) is 4.43. The quantitative estimate of drug-likeness (QED) is 0.625. The van der Waals surface area contributed by atoms with Crippen LogP contribution in [0.5, 0.6) is 0 Å². The number of nitrogen functional groups attached to an aromatic ring is 1. The molecule has 0 aromatic heterocycles. The van der Waals surface area contributed by atoms with Gasteiger partial charge in [-0.05, 0) is 30.9 Å². The van der Waals surface area contributed by atoms with Crippen LogP contribution in [0, 0.1) is 12.7 Å². The van der Waals surface area contributed by atoms with Crippen molar-refractivity contribution in [3.05, 3.63) is 29.1 Å². The number of anilines is 1. The summed E-state index contributed by atoms with van der Waals surface area (Å²) in [5.41, 5.74) is 6.36. The van der Waals surface area contributed by atoms with Crippen molar-refractivity contribution >= 4 is 23.4 Å². The third-order valence-corrected chi connectivity index (χ3v) is 2.73. The molecular formula is C11H15FN2OS. The molecule has 0 unspecified atom stereocenters. The molecule has 0 bridgehead atoms. The molecule has 0 saturated heterocycles. The first kappa shape index (κ1) is 12.8. The van der Waals surface area contributed by atoms with Crippen molar-refractivity contribution in [2.45, 2.75) is 6.92 Å². The maximum absolute atomic E-state index is 13.6. The van der Waals surface area contributed by atoms with Crippen LogP contribution in [0.15, 0.2) is 12.1 Å². The van der Waals surface area contributed by atoms with Crippen LogP contribution in [0.3, 0.4) is 0 Å². The SMILES string of the molecule is CSCCNC(=O)c1cc(N)cc(C)c1F. The molecule has 0 spiro atoms. The summed E-state index contributed by atoms with van der Waals surface area (Å²) in [6.07, 6.45) is 1.94. The van der Waals surface area contributed by atoms with Gasteiger partial charge in [0.25, 0.3) is 5.91 Å². The average Bonchev–Trinajstić information content (AvgIpc) is 2.23. The van der Waals surface area contributed by atoms with E-state index in [2.05, 4.69) is 5.32 Å². The van der Waals surface area contributed by atoms with E-state index >= 15 is 0 Å². The van der Waals surface area contributed by atoms with Gasteiger partial charge in [-0.3, -0.25) is 4.79 Å². The maximum Gasteiger partial charge on any atom is 0.254 e. The molecule has 0 aliphatic heterocycles. The fourth-order valence-corrected chi connectivity index (χ4v) is 1.63. The molecule has 0 atom stereocenters. The number of carbonyl (C=O) groups excluding carboxylic acids is 1. The van der Waals surface area contributed by atoms with Gasteiger partial charge in [0, 0.05) is 18.0 Å². The van der Waals surface area contributed by atoms with Gasteiger partial charge < -0.3 is 11.1 Å². The van der Waals surface area contributed by atoms with Gasteiger partial charge in [0.15, 0.2) is 0 Å². The summed E-state index contributed by atoms with van der Waals surface area (Å²) in [7, 11) is 0. The molecule has 16 heavy (non-hydrogen) atoms. The zero-order chi connectivity index (χ0) is 12.1. The van der Waals surface area contributed by atoms with E-state index in [1.54, 1.807) is 18.7 Å². The molecule has 3 N–H and O–H groups in total. The number of aryl methyl sites for hydroxylation is 1. The lowest BCUT2D eigenvalue weighted by Gasteiger charge is -2.08. The highest BCUT2D eigenvalue weighted by Crippen LogP contribution is 2.16. The van der Waals surface area contributed by atoms with Crippen molar-refractivity contribution in [1.29, 1.82) is 0 Å². The van der Waals surface area contributed by atoms with Crippen molar-refractivity contribution in [2.75, 3.05) is 24.3 Å². The molecule has 0 aliphatic carbocycles. The highest BCUT2D eigenvalue weighted by atomic mass is 32.2. The van der Waals surface area contributed by atoms with E-state index in [9.17, 15) is 9.18 Å². The first-order valence-electron chi connectivity index (χ1n) is 4.89. The first-order chi connectivity index (χ1) is 7.56. The Bertz CT molecular complexity index is 396. The van der Waals surface area contributed by atoms with Crippen LogP contribution in [0.4, 0.5) is 10.1 Å². The summed E-state index contributed by atoms with van der Waals surface area (Å²) in [6, 6.07) is 2.87. The highest BCUT2D eigenvalue weighted by molar-refractivity contribution is 7.98. The molecule has 0 saturated carbocycles. The van der Waals surface area contributed by atoms with Gasteiger partial charge in [0.05, 0.1) is 5.56 Å². The topological polar surface area (TPSA) is 55.1 Å². The van der Waals surface area contributed by atoms with Crippen LogP contribution in [0.1, 0.15) is 15.9 Å². The van der Waals surface area contributed by atoms with Gasteiger partial charge in [0.2, 0.25) is 0 Å². The van der Waals surface area contributed by atoms with Crippen LogP contribution in [-0.2, 0) is 0 Å². The minimum absolute atomic E-state index is 0.0126. The molecule has 1 amide bonds. The summed E-state index contributed by atoms with van der Waals surface area (Å²) < 4.78 is 13.6. The lowest BCUT2D eigenvalue weighted by atomic mass is 10.1. The number of halogens is 1. The fraction of sp³-hybridized carbons (Fsp3) is 0.364. The number of nitrogens with one attached hydrogen (secondary N) is 1. The number of amides is 1. The van der Waals surface area contributed by atoms with E-state index in [0.29, 0.717) is 17.8 Å². The maximum atomic E-state index is 13.6. The van der Waals surface area contributed by atoms with Gasteiger partial charge in [-0.15, -0.1) is 0 Å². The molecule has 1 aromatic carbocycles. The number of benzene rings is 1. The third-order valence-electron chi connectivity index (χ3n) is 2.11. The Labute approximate surface area is 98.6 Å². The zero-order valence-corrected chi connectivity index (χ0v) is 10.2. The number of nitrogens with two attached hydrogens (primary N) is 1. The van der Waals surface area contributed by atoms with E-state index in [1.165, 1.54) is 12.1 Å². The molecular weight excluding hydrogens is 227 g/mol. The predicted octanol–water partition coefficient (Wildman–Crippen LogP) is 1.81. The first-order valence-corrected chi connectivity index (χ1v) is 6.28. The standard InChI is InChI=1S/C11H15FN2OS/c1-7-5-8(13)6-9(10(7)12)11(15)14-3-4-16-2/h5-6H,3-4,13H2,1-2H3,(H,14,15). The van der Waals surface area contributed by atoms with Crippen LogP contribution >= 0.6 is 11.8 Å². The van der Waals surface area contributed by atoms with Crippen LogP contribution in [0.2, 0.25) is 0 Å². The number of rotatable bonds is 4. The largest absolute Gasteiger partial charge is 0.399 e. The van der Waals surface area contributed by atoms with E-state index in [4.69, 9.17) is 5.73 Å². The van der Waals surface area contributed by atoms with Crippen molar-refractivity contribution < 1.29 is 9.18 Å². The zero-order valence-electron chi connectivity index (χ0n) is 9.34. The Hall–Kier alpha value is -1.23. The molecule has 88 valence electrons. The minimum Gasteiger partial charge on any atom is -0.399 e. The normalized spacial score (nSPS) is 10.2. The number of thioether (sulfide) groups is 1. The van der Waals surface area contributed by atoms with Crippen molar-refractivity contribution in [2.24, 2.45) is 0 Å². The van der Waals surface area contributed by atoms with Crippen molar-refractivity contribution in [3.63, 3.8) is 0 Å². The number of hydrogen-bond acceptors (Lipinski definition) is 3. The summed E-state index contributed by atoms with van der Waals surface area (Å²) in [5, 5.41) is 2.64. The predicted molar refractivity (Wildman–Crippen MR) is 66.3 cm³/mol. The van der Waals surface area contributed by atoms with E-state index < -0.39 is 11.7 Å². The van der Waals surface area contributed by atoms with Crippen LogP contribution < -0.4 is 11.1 Å². The Morgan fingerprint density at radius 3 is 2.88 bits per heavy atom. The molecule has 3 nitrogen and oxygen atoms in total. The summed E-state index contributed by atoms with van der Waals surface area (Å²) in [6.45, 7) is 2.11. The second kappa shape index (κ2) is 5.75. The van der Waals surface area contributed by atoms with Crippen molar-refractivity contribution in [3.8, 4) is 0 Å². The smallest absolute Gasteiger partial charge is 0.254 e. The van der Waals surface area contributed by atoms with Gasteiger partial charge in [0.1, 0.15) is 5.82 Å². The Morgan fingerprint density at radius 2 is 2.25 bits per heavy atom. The van der Waals surface area contributed by atoms with Gasteiger partial charge in [-0.25, -0.2) is 4.39 Å². The second-order valence-electron chi connectivity index (χ2n) is 3.45. The van der Waals surface area contributed by atoms with E-state index in [0.717, 1.165) is 5.75 Å². The molecule has 0 radical (unpaired) electrons. The molecule has 0 heterocycles. The Balaban J connectivity index is 2.82. The summed E-state index contributed by atoms with van der Waals surface area (Å²) in [4.78, 5) is 11.6. The van der Waals surface area contributed by atoms with Crippen LogP contribution in [-0.4, -0.2) is 24.5 Å². The molecule has 0 aliphatic rings. The van der Waals surface area contributed by atoms with E-state index in [1.807, 2.05) is 6.26 Å². The lowest BCUT2D eigenvalue weighted by molar-refractivity contribution is 0.0952. The summed E-state index contributed by atoms with van der Waals surface area (Å²) in [5.74, 6) is -0.118. The molecule has 1 rings (SSSR count).